The second-order valence-corrected chi connectivity index (χ2v) is 10.6. The quantitative estimate of drug-likeness (QED) is 0.0643. The van der Waals surface area contributed by atoms with Crippen molar-refractivity contribution in [2.75, 3.05) is 26.9 Å². The van der Waals surface area contributed by atoms with Crippen LogP contribution in [0.15, 0.2) is 46.7 Å². The van der Waals surface area contributed by atoms with Crippen molar-refractivity contribution in [2.45, 2.75) is 26.1 Å². The average Bonchev–Trinajstić information content (AvgIpc) is 2.91. The summed E-state index contributed by atoms with van der Waals surface area (Å²) in [5.74, 6) is 3.19. The number of amides is 2. The van der Waals surface area contributed by atoms with Crippen molar-refractivity contribution >= 4 is 63.4 Å². The van der Waals surface area contributed by atoms with Crippen molar-refractivity contribution in [2.24, 2.45) is 5.10 Å². The first kappa shape index (κ1) is 31.3. The van der Waals surface area contributed by atoms with E-state index >= 15 is 0 Å². The summed E-state index contributed by atoms with van der Waals surface area (Å²) in [6, 6.07) is 7.63. The molecule has 1 heterocycles. The molecular formula is C27H28I2N4O7. The molecule has 1 aliphatic heterocycles. The first-order valence-electron chi connectivity index (χ1n) is 12.0. The van der Waals surface area contributed by atoms with E-state index in [2.05, 4.69) is 72.3 Å². The number of nitrogens with zero attached hydrogens (tertiary/aromatic N) is 1. The van der Waals surface area contributed by atoms with Crippen LogP contribution in [-0.4, -0.2) is 56.5 Å². The summed E-state index contributed by atoms with van der Waals surface area (Å²) in [5.41, 5.74) is 4.56. The molecule has 0 aromatic heterocycles. The fourth-order valence-corrected chi connectivity index (χ4v) is 5.80. The summed E-state index contributed by atoms with van der Waals surface area (Å²) in [5, 5.41) is 19.8. The fourth-order valence-electron chi connectivity index (χ4n) is 3.76. The van der Waals surface area contributed by atoms with E-state index in [0.29, 0.717) is 40.7 Å². The van der Waals surface area contributed by atoms with Crippen molar-refractivity contribution in [1.82, 2.24) is 16.1 Å². The number of methoxy groups -OCH3 is 1. The van der Waals surface area contributed by atoms with Crippen LogP contribution in [0.5, 0.6) is 17.2 Å². The summed E-state index contributed by atoms with van der Waals surface area (Å²) < 4.78 is 23.9. The second kappa shape index (κ2) is 15.0. The van der Waals surface area contributed by atoms with Gasteiger partial charge < -0.3 is 34.7 Å². The zero-order valence-corrected chi connectivity index (χ0v) is 26.2. The van der Waals surface area contributed by atoms with Crippen LogP contribution in [0, 0.1) is 19.5 Å². The number of aliphatic hydroxyl groups is 1. The maximum absolute atomic E-state index is 12.4. The lowest BCUT2D eigenvalue weighted by molar-refractivity contribution is -0.136. The number of carbonyl (C=O) groups excluding carboxylic acids is 2. The fraction of sp³-hybridized carbons (Fsp3) is 0.296. The van der Waals surface area contributed by atoms with E-state index in [0.717, 1.165) is 7.14 Å². The Kier molecular flexibility index (Phi) is 11.7. The molecule has 3 rings (SSSR count). The number of hydrazone groups is 1. The van der Waals surface area contributed by atoms with Gasteiger partial charge in [0.1, 0.15) is 19.0 Å². The van der Waals surface area contributed by atoms with Gasteiger partial charge in [-0.25, -0.2) is 9.59 Å². The van der Waals surface area contributed by atoms with E-state index in [1.165, 1.54) is 13.3 Å². The highest BCUT2D eigenvalue weighted by Crippen LogP contribution is 2.35. The van der Waals surface area contributed by atoms with Crippen LogP contribution in [0.3, 0.4) is 0 Å². The zero-order valence-electron chi connectivity index (χ0n) is 21.9. The molecule has 11 nitrogen and oxygen atoms in total. The van der Waals surface area contributed by atoms with E-state index in [1.807, 2.05) is 19.1 Å². The normalized spacial score (nSPS) is 15.5. The molecule has 0 unspecified atom stereocenters. The molecule has 40 heavy (non-hydrogen) atoms. The number of hydrogen-bond acceptors (Lipinski definition) is 9. The number of hydrogen-bond donors (Lipinski definition) is 4. The Morgan fingerprint density at radius 2 is 2.02 bits per heavy atom. The van der Waals surface area contributed by atoms with Crippen molar-refractivity contribution in [1.29, 1.82) is 0 Å². The number of benzene rings is 2. The van der Waals surface area contributed by atoms with E-state index < -0.39 is 24.3 Å². The minimum atomic E-state index is -1.15. The number of ether oxygens (including phenoxy) is 4. The van der Waals surface area contributed by atoms with Crippen LogP contribution in [0.2, 0.25) is 0 Å². The Hall–Kier alpha value is -3.23. The highest BCUT2D eigenvalue weighted by atomic mass is 127. The van der Waals surface area contributed by atoms with Crippen LogP contribution < -0.4 is 30.3 Å². The number of rotatable bonds is 12. The lowest BCUT2D eigenvalue weighted by atomic mass is 9.95. The number of esters is 1. The Morgan fingerprint density at radius 1 is 1.25 bits per heavy atom. The molecule has 0 radical (unpaired) electrons. The van der Waals surface area contributed by atoms with Gasteiger partial charge in [-0.3, -0.25) is 5.43 Å². The van der Waals surface area contributed by atoms with Crippen molar-refractivity contribution < 1.29 is 33.6 Å². The lowest BCUT2D eigenvalue weighted by Gasteiger charge is -2.28. The molecule has 0 aliphatic carbocycles. The molecule has 0 fully saturated rings. The summed E-state index contributed by atoms with van der Waals surface area (Å²) in [7, 11) is 1.27. The zero-order chi connectivity index (χ0) is 29.2. The highest BCUT2D eigenvalue weighted by Gasteiger charge is 2.32. The molecule has 2 atom stereocenters. The molecule has 0 bridgehead atoms. The first-order chi connectivity index (χ1) is 19.2. The Morgan fingerprint density at radius 3 is 2.73 bits per heavy atom. The van der Waals surface area contributed by atoms with Gasteiger partial charge in [0, 0.05) is 14.8 Å². The first-order valence-corrected chi connectivity index (χ1v) is 14.1. The number of halogens is 2. The third-order valence-corrected chi connectivity index (χ3v) is 6.86. The van der Waals surface area contributed by atoms with Crippen molar-refractivity contribution in [3.8, 4) is 29.6 Å². The second-order valence-electron chi connectivity index (χ2n) is 8.21. The monoisotopic (exact) mass is 774 g/mol. The topological polar surface area (TPSA) is 140 Å². The van der Waals surface area contributed by atoms with Crippen LogP contribution in [-0.2, 0) is 9.53 Å². The Labute approximate surface area is 259 Å². The van der Waals surface area contributed by atoms with Crippen molar-refractivity contribution in [3.05, 3.63) is 59.9 Å². The predicted octanol–water partition coefficient (Wildman–Crippen LogP) is 3.43. The molecule has 0 saturated carbocycles. The van der Waals surface area contributed by atoms with Crippen LogP contribution >= 0.6 is 45.2 Å². The van der Waals surface area contributed by atoms with E-state index in [1.54, 1.807) is 25.1 Å². The third kappa shape index (κ3) is 8.15. The van der Waals surface area contributed by atoms with Gasteiger partial charge in [-0.05, 0) is 88.9 Å². The molecule has 4 N–H and O–H groups in total. The van der Waals surface area contributed by atoms with Crippen molar-refractivity contribution in [3.63, 3.8) is 0 Å². The molecule has 2 aromatic rings. The molecule has 212 valence electrons. The van der Waals surface area contributed by atoms with Crippen LogP contribution in [0.1, 0.15) is 31.0 Å². The number of nitrogens with one attached hydrogen (secondary N) is 3. The predicted molar refractivity (Wildman–Crippen MR) is 165 cm³/mol. The van der Waals surface area contributed by atoms with E-state index in [4.69, 9.17) is 25.4 Å². The average molecular weight is 774 g/mol. The summed E-state index contributed by atoms with van der Waals surface area (Å²) in [6.07, 6.45) is 5.70. The maximum atomic E-state index is 12.4. The van der Waals surface area contributed by atoms with Gasteiger partial charge in [0.05, 0.1) is 35.1 Å². The molecule has 2 amide bonds. The molecule has 13 heteroatoms. The smallest absolute Gasteiger partial charge is 0.337 e. The number of urea groups is 1. The van der Waals surface area contributed by atoms with Gasteiger partial charge >= 0.3 is 12.0 Å². The largest absolute Gasteiger partial charge is 0.490 e. The van der Waals surface area contributed by atoms with E-state index in [-0.39, 0.29) is 18.8 Å². The van der Waals surface area contributed by atoms with Crippen LogP contribution in [0.25, 0.3) is 0 Å². The van der Waals surface area contributed by atoms with Crippen LogP contribution in [0.4, 0.5) is 4.79 Å². The summed E-state index contributed by atoms with van der Waals surface area (Å²) in [6.45, 7) is 3.73. The minimum absolute atomic E-state index is 0.117. The lowest BCUT2D eigenvalue weighted by Crippen LogP contribution is -2.45. The molecule has 0 saturated heterocycles. The number of carbonyl (C=O) groups is 2. The number of allylic oxidation sites excluding steroid dienone is 1. The molecule has 0 spiro atoms. The number of terminal acetylenes is 1. The SMILES string of the molecule is C#CCOc1c(I)cc(I)cc1/C=N/N[C@H](O)COc1ccc([C@@H]2NC(=O)NC(C)=C2C(=O)OC)cc1OCC. The Bertz CT molecular complexity index is 1360. The van der Waals surface area contributed by atoms with Gasteiger partial charge in [0.2, 0.25) is 0 Å². The maximum Gasteiger partial charge on any atom is 0.337 e. The van der Waals surface area contributed by atoms with Gasteiger partial charge in [-0.2, -0.15) is 5.10 Å². The highest BCUT2D eigenvalue weighted by molar-refractivity contribution is 14.1. The Balaban J connectivity index is 1.72. The minimum Gasteiger partial charge on any atom is -0.490 e. The standard InChI is InChI=1S/C27H28I2N4O7/c1-5-9-39-25-17(10-18(28)12-19(25)29)13-30-33-22(34)14-40-20-8-7-16(11-21(20)38-6-2)24-23(26(35)37-4)15(3)31-27(36)32-24/h1,7-8,10-13,22,24,33-34H,6,9,14H2,2-4H3,(H2,31,32,36)/b30-13+/t22-,24+/m1/s1. The van der Waals surface area contributed by atoms with Gasteiger partial charge in [0.25, 0.3) is 0 Å². The van der Waals surface area contributed by atoms with Gasteiger partial charge in [-0.15, -0.1) is 6.42 Å². The molecular weight excluding hydrogens is 746 g/mol. The van der Waals surface area contributed by atoms with Gasteiger partial charge in [-0.1, -0.05) is 12.0 Å². The summed E-state index contributed by atoms with van der Waals surface area (Å²) >= 11 is 4.35. The summed E-state index contributed by atoms with van der Waals surface area (Å²) in [4.78, 5) is 24.5. The number of aliphatic hydroxyl groups excluding tert-OH is 1. The van der Waals surface area contributed by atoms with E-state index in [9.17, 15) is 14.7 Å². The molecule has 1 aliphatic rings. The van der Waals surface area contributed by atoms with Gasteiger partial charge in [0.15, 0.2) is 17.7 Å². The third-order valence-electron chi connectivity index (χ3n) is 5.44. The molecule has 2 aromatic carbocycles.